The van der Waals surface area contributed by atoms with Crippen LogP contribution in [-0.4, -0.2) is 38.2 Å². The van der Waals surface area contributed by atoms with E-state index in [0.29, 0.717) is 23.3 Å². The summed E-state index contributed by atoms with van der Waals surface area (Å²) in [6.45, 7) is 0. The highest BCUT2D eigenvalue weighted by Gasteiger charge is 2.25. The first-order valence-electron chi connectivity index (χ1n) is 30.6. The van der Waals surface area contributed by atoms with E-state index in [1.807, 2.05) is 60.7 Å². The van der Waals surface area contributed by atoms with Gasteiger partial charge in [-0.25, -0.2) is 19.9 Å². The van der Waals surface area contributed by atoms with Gasteiger partial charge in [-0.2, -0.15) is 10.5 Å². The minimum atomic E-state index is 0.364. The first-order valence-corrected chi connectivity index (χ1v) is 30.6. The van der Waals surface area contributed by atoms with Crippen LogP contribution in [0.4, 0.5) is 0 Å². The van der Waals surface area contributed by atoms with Crippen molar-refractivity contribution in [2.45, 2.75) is 0 Å². The van der Waals surface area contributed by atoms with E-state index in [9.17, 15) is 10.5 Å². The molecule has 0 unspecified atom stereocenters. The Labute approximate surface area is 525 Å². The molecule has 426 valence electrons. The Hall–Kier alpha value is -13.0. The van der Waals surface area contributed by atoms with Crippen LogP contribution in [0.25, 0.3) is 165 Å². The maximum atomic E-state index is 10.1. The lowest BCUT2D eigenvalue weighted by Crippen LogP contribution is -2.03. The lowest BCUT2D eigenvalue weighted by molar-refractivity contribution is 1.00. The summed E-state index contributed by atoms with van der Waals surface area (Å²) in [4.78, 5) is 19.5. The molecule has 19 aromatic rings. The van der Waals surface area contributed by atoms with E-state index in [1.54, 1.807) is 0 Å². The van der Waals surface area contributed by atoms with Gasteiger partial charge in [-0.1, -0.05) is 194 Å². The predicted molar refractivity (Wildman–Crippen MR) is 374 cm³/mol. The number of fused-ring (bicyclic) bond motifs is 16. The van der Waals surface area contributed by atoms with Crippen molar-refractivity contribution < 1.29 is 0 Å². The molecule has 0 aliphatic rings. The van der Waals surface area contributed by atoms with Crippen LogP contribution < -0.4 is 0 Å². The number of nitriles is 2. The number of hydrogen-bond donors (Lipinski definition) is 0. The van der Waals surface area contributed by atoms with Gasteiger partial charge in [-0.05, 0) is 130 Å². The lowest BCUT2D eigenvalue weighted by atomic mass is 9.94. The molecule has 10 heteroatoms. The summed E-state index contributed by atoms with van der Waals surface area (Å²) < 4.78 is 8.93. The molecule has 0 spiro atoms. The van der Waals surface area contributed by atoms with Crippen molar-refractivity contribution in [3.05, 3.63) is 303 Å². The Kier molecular flexibility index (Phi) is 11.8. The van der Waals surface area contributed by atoms with E-state index in [-0.39, 0.29) is 0 Å². The molecule has 6 aromatic heterocycles. The Bertz CT molecular complexity index is 6350. The van der Waals surface area contributed by atoms with Crippen LogP contribution in [0.5, 0.6) is 0 Å². The Morgan fingerprint density at radius 3 is 1.01 bits per heavy atom. The zero-order chi connectivity index (χ0) is 61.0. The van der Waals surface area contributed by atoms with Gasteiger partial charge in [0, 0.05) is 65.2 Å². The highest BCUT2D eigenvalue weighted by atomic mass is 15.2. The Balaban J connectivity index is 0.000000136. The average Bonchev–Trinajstić information content (AvgIpc) is 1.58. The van der Waals surface area contributed by atoms with Gasteiger partial charge in [0.05, 0.1) is 55.2 Å². The molecule has 0 fully saturated rings. The Morgan fingerprint density at radius 2 is 0.554 bits per heavy atom. The molecule has 0 aliphatic carbocycles. The third-order valence-corrected chi connectivity index (χ3v) is 18.2. The minimum absolute atomic E-state index is 0.364. The summed E-state index contributed by atoms with van der Waals surface area (Å²) in [6.07, 6.45) is 0. The summed E-state index contributed by atoms with van der Waals surface area (Å²) in [5, 5.41) is 33.3. The lowest BCUT2D eigenvalue weighted by Gasteiger charge is -2.11. The quantitative estimate of drug-likeness (QED) is 0.164. The van der Waals surface area contributed by atoms with Crippen LogP contribution in [0.15, 0.2) is 291 Å². The van der Waals surface area contributed by atoms with Crippen LogP contribution in [0.2, 0.25) is 0 Å². The number of para-hydroxylation sites is 7. The maximum Gasteiger partial charge on any atom is 0.236 e. The summed E-state index contributed by atoms with van der Waals surface area (Å²) >= 11 is 0. The molecule has 0 N–H and O–H groups in total. The molecule has 0 saturated carbocycles. The van der Waals surface area contributed by atoms with Crippen LogP contribution in [0.3, 0.4) is 0 Å². The highest BCUT2D eigenvalue weighted by molar-refractivity contribution is 6.28. The normalized spacial score (nSPS) is 11.7. The second-order valence-corrected chi connectivity index (χ2v) is 23.0. The van der Waals surface area contributed by atoms with Crippen molar-refractivity contribution in [1.82, 2.24) is 38.2 Å². The summed E-state index contributed by atoms with van der Waals surface area (Å²) in [6, 6.07) is 106. The van der Waals surface area contributed by atoms with Gasteiger partial charge in [-0.15, -0.1) is 0 Å². The molecular formula is C82H48N10. The largest absolute Gasteiger partial charge is 0.309 e. The molecule has 92 heavy (non-hydrogen) atoms. The predicted octanol–water partition coefficient (Wildman–Crippen LogP) is 19.9. The van der Waals surface area contributed by atoms with E-state index in [2.05, 4.69) is 261 Å². The Morgan fingerprint density at radius 1 is 0.228 bits per heavy atom. The monoisotopic (exact) mass is 1170 g/mol. The van der Waals surface area contributed by atoms with Crippen LogP contribution in [0.1, 0.15) is 11.4 Å². The second kappa shape index (κ2) is 20.8. The molecule has 13 aromatic carbocycles. The number of nitrogens with zero attached hydrogens (tertiary/aromatic N) is 10. The van der Waals surface area contributed by atoms with Crippen molar-refractivity contribution in [2.24, 2.45) is 0 Å². The number of rotatable bonds is 6. The van der Waals surface area contributed by atoms with Gasteiger partial charge >= 0.3 is 0 Å². The van der Waals surface area contributed by atoms with Crippen LogP contribution >= 0.6 is 0 Å². The van der Waals surface area contributed by atoms with E-state index >= 15 is 0 Å². The van der Waals surface area contributed by atoms with Crippen LogP contribution in [0, 0.1) is 22.7 Å². The van der Waals surface area contributed by atoms with E-state index in [0.717, 1.165) is 105 Å². The second-order valence-electron chi connectivity index (χ2n) is 23.0. The number of benzene rings is 13. The molecule has 10 nitrogen and oxygen atoms in total. The van der Waals surface area contributed by atoms with Gasteiger partial charge in [0.15, 0.2) is 11.4 Å². The van der Waals surface area contributed by atoms with E-state index in [4.69, 9.17) is 19.9 Å². The molecule has 0 saturated heterocycles. The number of aromatic nitrogens is 8. The molecule has 0 atom stereocenters. The highest BCUT2D eigenvalue weighted by Crippen LogP contribution is 2.47. The van der Waals surface area contributed by atoms with Crippen molar-refractivity contribution in [3.8, 4) is 57.7 Å². The van der Waals surface area contributed by atoms with Crippen LogP contribution in [-0.2, 0) is 0 Å². The maximum absolute atomic E-state index is 10.1. The van der Waals surface area contributed by atoms with Gasteiger partial charge in [-0.3, -0.25) is 9.13 Å². The summed E-state index contributed by atoms with van der Waals surface area (Å²) in [7, 11) is 0. The van der Waals surface area contributed by atoms with Crippen molar-refractivity contribution in [3.63, 3.8) is 0 Å². The fourth-order valence-electron chi connectivity index (χ4n) is 14.4. The third kappa shape index (κ3) is 7.85. The number of hydrogen-bond acceptors (Lipinski definition) is 6. The first-order chi connectivity index (χ1) is 45.6. The molecule has 0 bridgehead atoms. The van der Waals surface area contributed by atoms with Gasteiger partial charge in [0.1, 0.15) is 12.1 Å². The molecule has 0 radical (unpaired) electrons. The topological polar surface area (TPSA) is 119 Å². The fourth-order valence-corrected chi connectivity index (χ4v) is 14.4. The minimum Gasteiger partial charge on any atom is -0.309 e. The van der Waals surface area contributed by atoms with Crippen molar-refractivity contribution in [2.75, 3.05) is 0 Å². The first kappa shape index (κ1) is 52.1. The van der Waals surface area contributed by atoms with Gasteiger partial charge < -0.3 is 9.13 Å². The third-order valence-electron chi connectivity index (χ3n) is 18.2. The molecule has 0 aliphatic heterocycles. The van der Waals surface area contributed by atoms with Gasteiger partial charge in [0.25, 0.3) is 0 Å². The zero-order valence-corrected chi connectivity index (χ0v) is 49.2. The van der Waals surface area contributed by atoms with Crippen molar-refractivity contribution >= 4 is 120 Å². The standard InChI is InChI=1S/C43H25N5.C39H23N5/c44-26-35-32-16-6-8-20-34(32)45-43(46-35)48-36-21-9-7-17-33(36)40-30(18-10-22-37(40)48)31-19-11-23-38-42(31)41-29-15-5-4-12-27(29)24-25-39(41)47(38)28-13-2-1-3-14-28;40-24-32-28-14-4-7-19-31(28)41-39(42-32)44-34-21-9-6-16-30(34)38-27(18-11-23-36(38)44)26-17-10-22-35-37(26)29-15-5-8-20-33(29)43(35)25-12-2-1-3-13-25/h1-25H;1-23H. The summed E-state index contributed by atoms with van der Waals surface area (Å²) in [5.74, 6) is 0.973. The van der Waals surface area contributed by atoms with E-state index in [1.165, 1.54) is 48.9 Å². The molecule has 0 amide bonds. The van der Waals surface area contributed by atoms with Gasteiger partial charge in [0.2, 0.25) is 11.9 Å². The van der Waals surface area contributed by atoms with E-state index < -0.39 is 0 Å². The molecule has 6 heterocycles. The average molecular weight is 1170 g/mol. The molecule has 19 rings (SSSR count). The molecular weight excluding hydrogens is 1120 g/mol. The smallest absolute Gasteiger partial charge is 0.236 e. The zero-order valence-electron chi connectivity index (χ0n) is 49.2. The van der Waals surface area contributed by atoms with Crippen molar-refractivity contribution in [1.29, 1.82) is 10.5 Å². The SMILES string of the molecule is N#Cc1nc(-n2c3ccccc3c3c(-c4cccc5c4c4c6ccccc6ccc4n5-c4ccccc4)cccc32)nc2ccccc12.N#Cc1nc(-n2c3ccccc3c3c(-c4cccc5c4c4ccccc4n5-c4ccccc4)cccc32)nc2ccccc12. The summed E-state index contributed by atoms with van der Waals surface area (Å²) in [5.41, 5.74) is 17.7. The fraction of sp³-hybridized carbons (Fsp3) is 0.